The minimum absolute atomic E-state index is 0.558. The molecule has 1 aromatic rings. The van der Waals surface area contributed by atoms with Gasteiger partial charge in [0.25, 0.3) is 0 Å². The Kier molecular flexibility index (Phi) is 3.24. The molecule has 0 aromatic heterocycles. The Bertz CT molecular complexity index is 316. The van der Waals surface area contributed by atoms with Crippen LogP contribution in [0.4, 0.5) is 5.69 Å². The van der Waals surface area contributed by atoms with Crippen molar-refractivity contribution < 1.29 is 5.11 Å². The highest BCUT2D eigenvalue weighted by Crippen LogP contribution is 2.15. The van der Waals surface area contributed by atoms with E-state index in [1.165, 1.54) is 0 Å². The second-order valence-electron chi connectivity index (χ2n) is 2.36. The Morgan fingerprint density at radius 2 is 2.08 bits per heavy atom. The van der Waals surface area contributed by atoms with Crippen molar-refractivity contribution in [2.45, 2.75) is 6.23 Å². The molecule has 6 nitrogen and oxygen atoms in total. The highest BCUT2D eigenvalue weighted by molar-refractivity contribution is 5.38. The first-order valence-corrected chi connectivity index (χ1v) is 3.59. The molecule has 0 bridgehead atoms. The third-order valence-electron chi connectivity index (χ3n) is 1.53. The summed E-state index contributed by atoms with van der Waals surface area (Å²) >= 11 is 0. The van der Waals surface area contributed by atoms with Gasteiger partial charge < -0.3 is 5.11 Å². The Morgan fingerprint density at radius 1 is 1.46 bits per heavy atom. The molecule has 1 unspecified atom stereocenters. The second-order valence-corrected chi connectivity index (χ2v) is 2.36. The first-order valence-electron chi connectivity index (χ1n) is 3.59. The summed E-state index contributed by atoms with van der Waals surface area (Å²) in [7, 11) is 0. The lowest BCUT2D eigenvalue weighted by molar-refractivity contribution is 0.140. The van der Waals surface area contributed by atoms with Crippen LogP contribution >= 0.6 is 0 Å². The Labute approximate surface area is 74.6 Å². The van der Waals surface area contributed by atoms with E-state index in [9.17, 15) is 5.11 Å². The van der Waals surface area contributed by atoms with Crippen molar-refractivity contribution in [2.24, 2.45) is 11.0 Å². The van der Waals surface area contributed by atoms with E-state index in [0.717, 1.165) is 0 Å². The van der Waals surface area contributed by atoms with Gasteiger partial charge in [0, 0.05) is 0 Å². The Hall–Kier alpha value is -1.59. The number of nitrogens with two attached hydrogens (primary N) is 1. The van der Waals surface area contributed by atoms with E-state index in [2.05, 4.69) is 15.5 Å². The van der Waals surface area contributed by atoms with Gasteiger partial charge in [0.05, 0.1) is 0 Å². The van der Waals surface area contributed by atoms with E-state index in [4.69, 9.17) is 11.4 Å². The predicted molar refractivity (Wildman–Crippen MR) is 45.7 cm³/mol. The van der Waals surface area contributed by atoms with Crippen LogP contribution < -0.4 is 16.2 Å². The van der Waals surface area contributed by atoms with Crippen molar-refractivity contribution in [3.63, 3.8) is 0 Å². The molecule has 0 aliphatic rings. The predicted octanol–water partition coefficient (Wildman–Crippen LogP) is 0.323. The summed E-state index contributed by atoms with van der Waals surface area (Å²) in [5.74, 6) is 5.03. The quantitative estimate of drug-likeness (QED) is 0.177. The average Bonchev–Trinajstić information content (AvgIpc) is 2.18. The van der Waals surface area contributed by atoms with Gasteiger partial charge in [0.1, 0.15) is 11.8 Å². The molecule has 6 heteroatoms. The van der Waals surface area contributed by atoms with Crippen molar-refractivity contribution in [3.8, 4) is 0 Å². The van der Waals surface area contributed by atoms with Crippen LogP contribution in [0, 0.1) is 5.53 Å². The van der Waals surface area contributed by atoms with Crippen LogP contribution in [0.1, 0.15) is 11.8 Å². The van der Waals surface area contributed by atoms with Gasteiger partial charge in [0.15, 0.2) is 10.8 Å². The number of rotatable bonds is 3. The minimum Gasteiger partial charge on any atom is -0.373 e. The second kappa shape index (κ2) is 4.44. The van der Waals surface area contributed by atoms with Crippen LogP contribution in [0.2, 0.25) is 0 Å². The van der Waals surface area contributed by atoms with E-state index in [1.807, 2.05) is 0 Å². The molecule has 0 heterocycles. The molecule has 0 saturated heterocycles. The molecule has 1 rings (SSSR count). The van der Waals surface area contributed by atoms with Crippen LogP contribution in [0.5, 0.6) is 0 Å². The van der Waals surface area contributed by atoms with E-state index in [0.29, 0.717) is 11.3 Å². The lowest BCUT2D eigenvalue weighted by Gasteiger charge is -2.07. The van der Waals surface area contributed by atoms with Gasteiger partial charge in [-0.05, 0) is 17.7 Å². The van der Waals surface area contributed by atoms with Gasteiger partial charge >= 0.3 is 0 Å². The molecular weight excluding hydrogens is 170 g/mol. The summed E-state index contributed by atoms with van der Waals surface area (Å²) in [6, 6.07) is 6.56. The summed E-state index contributed by atoms with van der Waals surface area (Å²) in [6.07, 6.45) is -0.887. The minimum atomic E-state index is -0.887. The van der Waals surface area contributed by atoms with Gasteiger partial charge in [-0.2, -0.15) is 0 Å². The van der Waals surface area contributed by atoms with E-state index >= 15 is 0 Å². The van der Waals surface area contributed by atoms with E-state index in [1.54, 1.807) is 24.3 Å². The maximum absolute atomic E-state index is 9.22. The largest absolute Gasteiger partial charge is 0.373 e. The molecule has 0 aliphatic carbocycles. The normalized spacial score (nSPS) is 11.8. The maximum atomic E-state index is 9.22. The van der Waals surface area contributed by atoms with Gasteiger partial charge in [-0.25, -0.2) is 5.43 Å². The average molecular weight is 180 g/mol. The van der Waals surface area contributed by atoms with Crippen LogP contribution in [0.25, 0.3) is 0 Å². The fourth-order valence-corrected chi connectivity index (χ4v) is 0.877. The number of nitrogens with one attached hydrogen (secondary N) is 2. The standard InChI is InChI=1S/C7H9N5O/c8-10-7(13)5-1-3-6(4-2-5)11-12-9/h1-4,7-8,13H,(H2,9,11)/p+1. The number of nitrogens with zero attached hydrogens (tertiary/aromatic N) is 2. The molecule has 68 valence electrons. The van der Waals surface area contributed by atoms with Gasteiger partial charge in [-0.1, -0.05) is 12.1 Å². The summed E-state index contributed by atoms with van der Waals surface area (Å²) in [6.45, 7) is 0. The molecule has 0 aliphatic heterocycles. The van der Waals surface area contributed by atoms with Crippen LogP contribution in [-0.2, 0) is 0 Å². The van der Waals surface area contributed by atoms with Crippen LogP contribution in [-0.4, -0.2) is 5.11 Å². The number of hydrogen-bond acceptors (Lipinski definition) is 5. The smallest absolute Gasteiger partial charge is 0.220 e. The Balaban J connectivity index is 2.86. The molecule has 1 atom stereocenters. The fourth-order valence-electron chi connectivity index (χ4n) is 0.877. The molecule has 0 spiro atoms. The van der Waals surface area contributed by atoms with E-state index in [-0.39, 0.29) is 0 Å². The van der Waals surface area contributed by atoms with Crippen LogP contribution in [0.15, 0.2) is 29.4 Å². The van der Waals surface area contributed by atoms with Gasteiger partial charge in [-0.15, -0.1) is 0 Å². The molecular formula is C7H10N5O+. The molecule has 0 saturated carbocycles. The van der Waals surface area contributed by atoms with Crippen molar-refractivity contribution >= 4 is 5.69 Å². The Morgan fingerprint density at radius 3 is 2.54 bits per heavy atom. The van der Waals surface area contributed by atoms with Crippen molar-refractivity contribution in [2.75, 3.05) is 0 Å². The molecule has 13 heavy (non-hydrogen) atoms. The fraction of sp³-hybridized carbons (Fsp3) is 0.143. The highest BCUT2D eigenvalue weighted by Gasteiger charge is 2.04. The third kappa shape index (κ3) is 2.43. The monoisotopic (exact) mass is 180 g/mol. The third-order valence-corrected chi connectivity index (χ3v) is 1.53. The zero-order valence-corrected chi connectivity index (χ0v) is 6.81. The SMILES string of the molecule is N=[N+]=Nc1ccc(C(O)NN)cc1. The zero-order valence-electron chi connectivity index (χ0n) is 6.81. The lowest BCUT2D eigenvalue weighted by Crippen LogP contribution is -2.27. The first-order chi connectivity index (χ1) is 6.27. The van der Waals surface area contributed by atoms with Crippen LogP contribution in [0.3, 0.4) is 0 Å². The first kappa shape index (κ1) is 9.50. The van der Waals surface area contributed by atoms with Gasteiger partial charge in [0.2, 0.25) is 4.91 Å². The topological polar surface area (TPSA) is 109 Å². The zero-order chi connectivity index (χ0) is 9.68. The lowest BCUT2D eigenvalue weighted by atomic mass is 10.2. The summed E-state index contributed by atoms with van der Waals surface area (Å²) in [5, 5.41) is 12.7. The molecule has 1 aromatic carbocycles. The summed E-state index contributed by atoms with van der Waals surface area (Å²) in [5.41, 5.74) is 9.88. The number of hydrazine groups is 1. The number of aliphatic hydroxyl groups excluding tert-OH is 1. The molecule has 0 amide bonds. The number of hydrogen-bond donors (Lipinski definition) is 4. The molecule has 0 fully saturated rings. The maximum Gasteiger partial charge on any atom is 0.220 e. The molecule has 0 radical (unpaired) electrons. The summed E-state index contributed by atoms with van der Waals surface area (Å²) < 4.78 is 0. The van der Waals surface area contributed by atoms with Gasteiger partial charge in [-0.3, -0.25) is 5.84 Å². The van der Waals surface area contributed by atoms with Crippen molar-refractivity contribution in [3.05, 3.63) is 29.8 Å². The summed E-state index contributed by atoms with van der Waals surface area (Å²) in [4.78, 5) is 2.87. The van der Waals surface area contributed by atoms with Crippen molar-refractivity contribution in [1.29, 1.82) is 5.53 Å². The number of benzene rings is 1. The van der Waals surface area contributed by atoms with Crippen molar-refractivity contribution in [1.82, 2.24) is 10.3 Å². The highest BCUT2D eigenvalue weighted by atomic mass is 16.3. The number of aliphatic hydroxyl groups is 1. The van der Waals surface area contributed by atoms with E-state index < -0.39 is 6.23 Å². The molecule has 5 N–H and O–H groups in total.